The number of likely N-dealkylation sites (tertiary alicyclic amines) is 1. The van der Waals surface area contributed by atoms with Gasteiger partial charge in [-0.15, -0.1) is 0 Å². The number of hydrogen-bond donors (Lipinski definition) is 1. The predicted octanol–water partition coefficient (Wildman–Crippen LogP) is 3.03. The lowest BCUT2D eigenvalue weighted by atomic mass is 10.0. The van der Waals surface area contributed by atoms with E-state index in [9.17, 15) is 14.3 Å². The highest BCUT2D eigenvalue weighted by Gasteiger charge is 2.31. The number of rotatable bonds is 4. The molecular formula is C23H25FN4O3. The van der Waals surface area contributed by atoms with E-state index in [0.29, 0.717) is 30.8 Å². The Labute approximate surface area is 179 Å². The number of anilines is 1. The van der Waals surface area contributed by atoms with Gasteiger partial charge in [-0.2, -0.15) is 5.10 Å². The van der Waals surface area contributed by atoms with Gasteiger partial charge >= 0.3 is 0 Å². The lowest BCUT2D eigenvalue weighted by Crippen LogP contribution is -2.29. The quantitative estimate of drug-likeness (QED) is 0.697. The number of ether oxygens (including phenoxy) is 1. The van der Waals surface area contributed by atoms with E-state index in [-0.39, 0.29) is 17.8 Å². The third-order valence-electron chi connectivity index (χ3n) is 6.32. The van der Waals surface area contributed by atoms with Crippen molar-refractivity contribution in [1.82, 2.24) is 14.5 Å². The number of aromatic nitrogens is 2. The van der Waals surface area contributed by atoms with Gasteiger partial charge < -0.3 is 19.6 Å². The highest BCUT2D eigenvalue weighted by atomic mass is 19.1. The summed E-state index contributed by atoms with van der Waals surface area (Å²) in [7, 11) is 1.60. The van der Waals surface area contributed by atoms with Gasteiger partial charge in [-0.1, -0.05) is 0 Å². The highest BCUT2D eigenvalue weighted by molar-refractivity contribution is 6.01. The fourth-order valence-corrected chi connectivity index (χ4v) is 4.77. The monoisotopic (exact) mass is 424 g/mol. The van der Waals surface area contributed by atoms with Crippen LogP contribution < -0.4 is 9.64 Å². The molecule has 0 saturated carbocycles. The van der Waals surface area contributed by atoms with Crippen LogP contribution in [0.5, 0.6) is 5.75 Å². The lowest BCUT2D eigenvalue weighted by Gasteiger charge is -2.28. The Morgan fingerprint density at radius 1 is 1.23 bits per heavy atom. The van der Waals surface area contributed by atoms with Crippen molar-refractivity contribution in [3.8, 4) is 5.75 Å². The van der Waals surface area contributed by atoms with Gasteiger partial charge in [0.25, 0.3) is 5.91 Å². The fourth-order valence-electron chi connectivity index (χ4n) is 4.77. The topological polar surface area (TPSA) is 70.3 Å². The van der Waals surface area contributed by atoms with Gasteiger partial charge in [0, 0.05) is 37.1 Å². The summed E-state index contributed by atoms with van der Waals surface area (Å²) in [6.07, 6.45) is 5.43. The molecular weight excluding hydrogens is 399 g/mol. The Hall–Kier alpha value is -3.13. The van der Waals surface area contributed by atoms with E-state index in [2.05, 4.69) is 10.00 Å². The molecule has 3 aromatic rings. The molecule has 162 valence electrons. The molecule has 2 fully saturated rings. The van der Waals surface area contributed by atoms with E-state index < -0.39 is 6.10 Å². The minimum atomic E-state index is -0.465. The normalized spacial score (nSPS) is 21.3. The van der Waals surface area contributed by atoms with Gasteiger partial charge in [0.2, 0.25) is 0 Å². The minimum Gasteiger partial charge on any atom is -0.496 e. The van der Waals surface area contributed by atoms with Gasteiger partial charge in [-0.25, -0.2) is 8.91 Å². The van der Waals surface area contributed by atoms with Crippen molar-refractivity contribution in [1.29, 1.82) is 0 Å². The van der Waals surface area contributed by atoms with Crippen molar-refractivity contribution in [2.24, 2.45) is 0 Å². The summed E-state index contributed by atoms with van der Waals surface area (Å²) < 4.78 is 21.2. The number of benzene rings is 1. The number of carbonyl (C=O) groups is 1. The predicted molar refractivity (Wildman–Crippen MR) is 114 cm³/mol. The van der Waals surface area contributed by atoms with Gasteiger partial charge in [0.15, 0.2) is 0 Å². The number of fused-ring (bicyclic) bond motifs is 1. The molecule has 2 atom stereocenters. The van der Waals surface area contributed by atoms with Crippen LogP contribution in [0.25, 0.3) is 5.52 Å². The number of carbonyl (C=O) groups excluding carboxylic acids is 1. The van der Waals surface area contributed by atoms with Crippen LogP contribution in [-0.2, 0) is 0 Å². The Balaban J connectivity index is 1.50. The molecule has 1 aromatic carbocycles. The number of methoxy groups -OCH3 is 1. The Kier molecular flexibility index (Phi) is 5.02. The molecule has 0 radical (unpaired) electrons. The lowest BCUT2D eigenvalue weighted by molar-refractivity contribution is 0.0767. The zero-order chi connectivity index (χ0) is 21.5. The number of nitrogens with zero attached hydrogens (tertiary/aromatic N) is 4. The molecule has 31 heavy (non-hydrogen) atoms. The highest BCUT2D eigenvalue weighted by Crippen LogP contribution is 2.40. The fraction of sp³-hybridized carbons (Fsp3) is 0.391. The molecule has 5 rings (SSSR count). The molecule has 2 aliphatic rings. The summed E-state index contributed by atoms with van der Waals surface area (Å²) in [6, 6.07) is 8.56. The van der Waals surface area contributed by atoms with Crippen LogP contribution in [0.15, 0.2) is 42.7 Å². The minimum absolute atomic E-state index is 0.0103. The number of aliphatic hydroxyl groups is 1. The molecule has 7 nitrogen and oxygen atoms in total. The van der Waals surface area contributed by atoms with Crippen molar-refractivity contribution in [3.63, 3.8) is 0 Å². The second-order valence-corrected chi connectivity index (χ2v) is 8.20. The molecule has 2 aromatic heterocycles. The summed E-state index contributed by atoms with van der Waals surface area (Å²) in [4.78, 5) is 16.9. The summed E-state index contributed by atoms with van der Waals surface area (Å²) >= 11 is 0. The van der Waals surface area contributed by atoms with Crippen LogP contribution in [0.2, 0.25) is 0 Å². The van der Waals surface area contributed by atoms with Crippen molar-refractivity contribution < 1.29 is 19.0 Å². The zero-order valence-corrected chi connectivity index (χ0v) is 17.4. The summed E-state index contributed by atoms with van der Waals surface area (Å²) in [6.45, 7) is 1.73. The number of aliphatic hydroxyl groups excluding tert-OH is 1. The third-order valence-corrected chi connectivity index (χ3v) is 6.32. The van der Waals surface area contributed by atoms with Crippen LogP contribution in [-0.4, -0.2) is 58.4 Å². The molecule has 1 amide bonds. The van der Waals surface area contributed by atoms with Crippen molar-refractivity contribution >= 4 is 17.1 Å². The average molecular weight is 424 g/mol. The van der Waals surface area contributed by atoms with Gasteiger partial charge in [-0.3, -0.25) is 4.79 Å². The molecule has 2 saturated heterocycles. The van der Waals surface area contributed by atoms with E-state index in [0.717, 1.165) is 36.2 Å². The average Bonchev–Trinajstić information content (AvgIpc) is 3.52. The number of β-amino-alcohol motifs (C(OH)–C–C–N with tert-alkyl or cyclic N) is 1. The molecule has 1 N–H and O–H groups in total. The zero-order valence-electron chi connectivity index (χ0n) is 17.4. The van der Waals surface area contributed by atoms with E-state index in [1.807, 2.05) is 18.3 Å². The van der Waals surface area contributed by atoms with Crippen LogP contribution in [0, 0.1) is 5.82 Å². The SMILES string of the molecule is COc1ccc(F)cc1C1CCCN1c1ccn2ncc(C(=O)N3CCC(O)C3)c2c1. The molecule has 2 aliphatic heterocycles. The van der Waals surface area contributed by atoms with Crippen molar-refractivity contribution in [2.75, 3.05) is 31.6 Å². The number of pyridine rings is 1. The standard InChI is InChI=1S/C23H25FN4O3/c1-31-22-5-4-15(24)11-18(22)20-3-2-8-27(20)16-6-10-28-21(12-16)19(13-25-28)23(30)26-9-7-17(29)14-26/h4-6,10-13,17,20,29H,2-3,7-9,14H2,1H3. The Morgan fingerprint density at radius 3 is 2.87 bits per heavy atom. The summed E-state index contributed by atoms with van der Waals surface area (Å²) in [5, 5.41) is 14.1. The van der Waals surface area contributed by atoms with Crippen LogP contribution >= 0.6 is 0 Å². The van der Waals surface area contributed by atoms with E-state index in [1.54, 1.807) is 34.9 Å². The van der Waals surface area contributed by atoms with E-state index in [4.69, 9.17) is 4.74 Å². The van der Waals surface area contributed by atoms with Gasteiger partial charge in [0.05, 0.1) is 36.5 Å². The number of halogens is 1. The van der Waals surface area contributed by atoms with Gasteiger partial charge in [0.1, 0.15) is 11.6 Å². The number of amides is 1. The van der Waals surface area contributed by atoms with Crippen molar-refractivity contribution in [2.45, 2.75) is 31.4 Å². The Morgan fingerprint density at radius 2 is 2.10 bits per heavy atom. The second-order valence-electron chi connectivity index (χ2n) is 8.20. The second kappa shape index (κ2) is 7.85. The first-order valence-electron chi connectivity index (χ1n) is 10.6. The molecule has 0 spiro atoms. The van der Waals surface area contributed by atoms with Crippen LogP contribution in [0.4, 0.5) is 10.1 Å². The van der Waals surface area contributed by atoms with Gasteiger partial charge in [-0.05, 0) is 49.6 Å². The van der Waals surface area contributed by atoms with Crippen LogP contribution in [0.1, 0.15) is 41.2 Å². The molecule has 4 heterocycles. The van der Waals surface area contributed by atoms with Crippen molar-refractivity contribution in [3.05, 3.63) is 59.7 Å². The maximum Gasteiger partial charge on any atom is 0.257 e. The first kappa shape index (κ1) is 19.8. The van der Waals surface area contributed by atoms with E-state index >= 15 is 0 Å². The molecule has 0 aliphatic carbocycles. The summed E-state index contributed by atoms with van der Waals surface area (Å²) in [5.41, 5.74) is 3.03. The molecule has 2 unspecified atom stereocenters. The maximum absolute atomic E-state index is 14.0. The largest absolute Gasteiger partial charge is 0.496 e. The number of hydrogen-bond acceptors (Lipinski definition) is 5. The Bertz CT molecular complexity index is 1130. The first-order valence-corrected chi connectivity index (χ1v) is 10.6. The summed E-state index contributed by atoms with van der Waals surface area (Å²) in [5.74, 6) is 0.273. The van der Waals surface area contributed by atoms with Crippen LogP contribution in [0.3, 0.4) is 0 Å². The molecule has 0 bridgehead atoms. The third kappa shape index (κ3) is 3.50. The smallest absolute Gasteiger partial charge is 0.257 e. The molecule has 8 heteroatoms. The van der Waals surface area contributed by atoms with E-state index in [1.165, 1.54) is 6.07 Å². The first-order chi connectivity index (χ1) is 15.0. The maximum atomic E-state index is 14.0.